The number of thiophene rings is 1. The van der Waals surface area contributed by atoms with Gasteiger partial charge in [0.1, 0.15) is 9.71 Å². The van der Waals surface area contributed by atoms with Crippen molar-refractivity contribution in [2.75, 3.05) is 12.3 Å². The second-order valence-electron chi connectivity index (χ2n) is 5.07. The molecule has 2 atom stereocenters. The van der Waals surface area contributed by atoms with Gasteiger partial charge in [-0.05, 0) is 31.4 Å². The molecule has 6 heteroatoms. The summed E-state index contributed by atoms with van der Waals surface area (Å²) in [5, 5.41) is 12.8. The molecule has 0 spiro atoms. The van der Waals surface area contributed by atoms with Crippen molar-refractivity contribution in [3.63, 3.8) is 0 Å². The third kappa shape index (κ3) is 2.62. The SMILES string of the molecule is Cc1ccnc2sc(C(=O)NC(C)C(C)CO)c(N)c12. The summed E-state index contributed by atoms with van der Waals surface area (Å²) in [7, 11) is 0. The number of hydrogen-bond acceptors (Lipinski definition) is 5. The first-order chi connectivity index (χ1) is 9.45. The van der Waals surface area contributed by atoms with Crippen molar-refractivity contribution in [3.8, 4) is 0 Å². The molecule has 2 unspecified atom stereocenters. The molecule has 0 radical (unpaired) electrons. The first kappa shape index (κ1) is 14.7. The van der Waals surface area contributed by atoms with Crippen LogP contribution in [0.25, 0.3) is 10.2 Å². The topological polar surface area (TPSA) is 88.2 Å². The number of carbonyl (C=O) groups excluding carboxylic acids is 1. The van der Waals surface area contributed by atoms with Gasteiger partial charge in [-0.25, -0.2) is 4.98 Å². The lowest BCUT2D eigenvalue weighted by Crippen LogP contribution is -2.38. The van der Waals surface area contributed by atoms with Crippen LogP contribution < -0.4 is 11.1 Å². The van der Waals surface area contributed by atoms with Crippen molar-refractivity contribution >= 4 is 33.1 Å². The number of anilines is 1. The molecule has 2 aromatic heterocycles. The fourth-order valence-electron chi connectivity index (χ4n) is 1.94. The zero-order valence-electron chi connectivity index (χ0n) is 11.8. The molecule has 2 heterocycles. The molecule has 108 valence electrons. The Morgan fingerprint density at radius 3 is 2.85 bits per heavy atom. The molecular formula is C14H19N3O2S. The number of aliphatic hydroxyl groups is 1. The number of amides is 1. The number of hydrogen-bond donors (Lipinski definition) is 3. The number of fused-ring (bicyclic) bond motifs is 1. The van der Waals surface area contributed by atoms with Gasteiger partial charge in [0.05, 0.1) is 5.69 Å². The Morgan fingerprint density at radius 1 is 1.55 bits per heavy atom. The predicted octanol–water partition coefficient (Wildman–Crippen LogP) is 1.93. The minimum Gasteiger partial charge on any atom is -0.397 e. The molecule has 4 N–H and O–H groups in total. The van der Waals surface area contributed by atoms with Crippen molar-refractivity contribution in [1.29, 1.82) is 0 Å². The lowest BCUT2D eigenvalue weighted by molar-refractivity contribution is 0.0921. The molecule has 0 aliphatic carbocycles. The quantitative estimate of drug-likeness (QED) is 0.803. The maximum atomic E-state index is 12.3. The van der Waals surface area contributed by atoms with Crippen molar-refractivity contribution in [1.82, 2.24) is 10.3 Å². The van der Waals surface area contributed by atoms with Gasteiger partial charge in [-0.15, -0.1) is 11.3 Å². The Labute approximate surface area is 121 Å². The van der Waals surface area contributed by atoms with E-state index in [1.807, 2.05) is 26.8 Å². The first-order valence-corrected chi connectivity index (χ1v) is 7.32. The van der Waals surface area contributed by atoms with E-state index in [2.05, 4.69) is 10.3 Å². The molecule has 20 heavy (non-hydrogen) atoms. The fraction of sp³-hybridized carbons (Fsp3) is 0.429. The highest BCUT2D eigenvalue weighted by atomic mass is 32.1. The molecule has 0 saturated carbocycles. The van der Waals surface area contributed by atoms with Crippen LogP contribution in [0.3, 0.4) is 0 Å². The van der Waals surface area contributed by atoms with E-state index in [9.17, 15) is 4.79 Å². The van der Waals surface area contributed by atoms with Crippen molar-refractivity contribution in [2.24, 2.45) is 5.92 Å². The lowest BCUT2D eigenvalue weighted by atomic mass is 10.1. The van der Waals surface area contributed by atoms with Gasteiger partial charge in [0.15, 0.2) is 0 Å². The standard InChI is InChI=1S/C14H19N3O2S/c1-7-4-5-16-14-10(7)11(15)12(20-14)13(19)17-9(3)8(2)6-18/h4-5,8-9,18H,6,15H2,1-3H3,(H,17,19). The van der Waals surface area contributed by atoms with Crippen LogP contribution in [0.1, 0.15) is 29.1 Å². The number of aliphatic hydroxyl groups excluding tert-OH is 1. The Kier molecular flexibility index (Phi) is 4.25. The molecule has 0 aromatic carbocycles. The summed E-state index contributed by atoms with van der Waals surface area (Å²) in [5.41, 5.74) is 7.58. The number of carbonyl (C=O) groups is 1. The maximum Gasteiger partial charge on any atom is 0.263 e. The van der Waals surface area contributed by atoms with E-state index in [1.54, 1.807) is 6.20 Å². The van der Waals surface area contributed by atoms with Crippen LogP contribution in [-0.4, -0.2) is 28.6 Å². The average molecular weight is 293 g/mol. The molecule has 5 nitrogen and oxygen atoms in total. The van der Waals surface area contributed by atoms with Crippen molar-refractivity contribution < 1.29 is 9.90 Å². The van der Waals surface area contributed by atoms with Crippen LogP contribution >= 0.6 is 11.3 Å². The van der Waals surface area contributed by atoms with Crippen molar-refractivity contribution in [2.45, 2.75) is 26.8 Å². The van der Waals surface area contributed by atoms with Crippen molar-refractivity contribution in [3.05, 3.63) is 22.7 Å². The summed E-state index contributed by atoms with van der Waals surface area (Å²) in [6.45, 7) is 5.73. The van der Waals surface area contributed by atoms with Gasteiger partial charge < -0.3 is 16.2 Å². The summed E-state index contributed by atoms with van der Waals surface area (Å²) in [6.07, 6.45) is 1.71. The number of nitrogens with two attached hydrogens (primary N) is 1. The maximum absolute atomic E-state index is 12.3. The lowest BCUT2D eigenvalue weighted by Gasteiger charge is -2.18. The zero-order chi connectivity index (χ0) is 14.9. The van der Waals surface area contributed by atoms with Gasteiger partial charge >= 0.3 is 0 Å². The Hall–Kier alpha value is -1.66. The number of pyridine rings is 1. The Bertz CT molecular complexity index is 639. The average Bonchev–Trinajstić information content (AvgIpc) is 2.76. The minimum absolute atomic E-state index is 0.00517. The largest absolute Gasteiger partial charge is 0.397 e. The van der Waals surface area contributed by atoms with E-state index in [1.165, 1.54) is 11.3 Å². The summed E-state index contributed by atoms with van der Waals surface area (Å²) in [4.78, 5) is 17.8. The highest BCUT2D eigenvalue weighted by molar-refractivity contribution is 7.21. The van der Waals surface area contributed by atoms with E-state index in [-0.39, 0.29) is 24.5 Å². The van der Waals surface area contributed by atoms with E-state index >= 15 is 0 Å². The van der Waals surface area contributed by atoms with Gasteiger partial charge in [0, 0.05) is 24.2 Å². The van der Waals surface area contributed by atoms with E-state index in [0.717, 1.165) is 15.8 Å². The summed E-state index contributed by atoms with van der Waals surface area (Å²) >= 11 is 1.30. The third-order valence-electron chi connectivity index (χ3n) is 3.54. The molecule has 0 aliphatic rings. The van der Waals surface area contributed by atoms with Crippen LogP contribution in [0.4, 0.5) is 5.69 Å². The van der Waals surface area contributed by atoms with Gasteiger partial charge in [0.2, 0.25) is 0 Å². The smallest absolute Gasteiger partial charge is 0.263 e. The number of aryl methyl sites for hydroxylation is 1. The van der Waals surface area contributed by atoms with Crippen LogP contribution in [0, 0.1) is 12.8 Å². The highest BCUT2D eigenvalue weighted by Crippen LogP contribution is 2.34. The zero-order valence-corrected chi connectivity index (χ0v) is 12.6. The van der Waals surface area contributed by atoms with Crippen LogP contribution in [0.15, 0.2) is 12.3 Å². The summed E-state index contributed by atoms with van der Waals surface area (Å²) in [6, 6.07) is 1.76. The van der Waals surface area contributed by atoms with E-state index in [4.69, 9.17) is 10.8 Å². The van der Waals surface area contributed by atoms with E-state index in [0.29, 0.717) is 10.6 Å². The number of aromatic nitrogens is 1. The molecule has 0 aliphatic heterocycles. The monoisotopic (exact) mass is 293 g/mol. The molecule has 0 fully saturated rings. The second-order valence-corrected chi connectivity index (χ2v) is 6.07. The van der Waals surface area contributed by atoms with Crippen LogP contribution in [0.5, 0.6) is 0 Å². The number of nitrogen functional groups attached to an aromatic ring is 1. The van der Waals surface area contributed by atoms with Gasteiger partial charge in [-0.1, -0.05) is 6.92 Å². The molecule has 2 aromatic rings. The Balaban J connectivity index is 2.32. The predicted molar refractivity (Wildman–Crippen MR) is 81.9 cm³/mol. The van der Waals surface area contributed by atoms with Gasteiger partial charge in [-0.3, -0.25) is 4.79 Å². The number of nitrogens with one attached hydrogen (secondary N) is 1. The third-order valence-corrected chi connectivity index (χ3v) is 4.66. The van der Waals surface area contributed by atoms with Crippen LogP contribution in [0.2, 0.25) is 0 Å². The van der Waals surface area contributed by atoms with Gasteiger partial charge in [-0.2, -0.15) is 0 Å². The summed E-state index contributed by atoms with van der Waals surface area (Å²) < 4.78 is 0. The number of rotatable bonds is 4. The Morgan fingerprint density at radius 2 is 2.25 bits per heavy atom. The second kappa shape index (κ2) is 5.76. The highest BCUT2D eigenvalue weighted by Gasteiger charge is 2.21. The van der Waals surface area contributed by atoms with E-state index < -0.39 is 0 Å². The summed E-state index contributed by atoms with van der Waals surface area (Å²) in [5.74, 6) is -0.216. The number of nitrogens with zero attached hydrogens (tertiary/aromatic N) is 1. The molecule has 2 rings (SSSR count). The molecular weight excluding hydrogens is 274 g/mol. The molecule has 0 bridgehead atoms. The van der Waals surface area contributed by atoms with Gasteiger partial charge in [0.25, 0.3) is 5.91 Å². The minimum atomic E-state index is -0.210. The normalized spacial score (nSPS) is 14.2. The first-order valence-electron chi connectivity index (χ1n) is 6.51. The molecule has 1 amide bonds. The fourth-order valence-corrected chi connectivity index (χ4v) is 2.99. The molecule has 0 saturated heterocycles. The van der Waals surface area contributed by atoms with Crippen LogP contribution in [-0.2, 0) is 0 Å².